The van der Waals surface area contributed by atoms with Crippen molar-refractivity contribution in [1.82, 2.24) is 0 Å². The molecule has 16 heavy (non-hydrogen) atoms. The average Bonchev–Trinajstić information content (AvgIpc) is 2.14. The predicted octanol–water partition coefficient (Wildman–Crippen LogP) is -0.873. The van der Waals surface area contributed by atoms with Crippen LogP contribution in [0.15, 0.2) is 0 Å². The molecule has 0 bridgehead atoms. The summed E-state index contributed by atoms with van der Waals surface area (Å²) in [4.78, 5) is 16.6. The van der Waals surface area contributed by atoms with Gasteiger partial charge < -0.3 is 24.0 Å². The van der Waals surface area contributed by atoms with Crippen LogP contribution >= 0.6 is 7.82 Å². The van der Waals surface area contributed by atoms with Crippen LogP contribution in [-0.4, -0.2) is 86.1 Å². The minimum atomic E-state index is -4.36. The topological polar surface area (TPSA) is 94.5 Å². The molecule has 0 fully saturated rings. The second-order valence-corrected chi connectivity index (χ2v) is 3.78. The summed E-state index contributed by atoms with van der Waals surface area (Å²) < 4.78 is 29.2. The fourth-order valence-electron chi connectivity index (χ4n) is 0.679. The zero-order valence-corrected chi connectivity index (χ0v) is 9.52. The Hall–Kier alpha value is 0.990. The summed E-state index contributed by atoms with van der Waals surface area (Å²) in [5.74, 6) is 0. The van der Waals surface area contributed by atoms with E-state index >= 15 is 0 Å². The minimum absolute atomic E-state index is 0. The van der Waals surface area contributed by atoms with Crippen LogP contribution in [0, 0.1) is 0 Å². The van der Waals surface area contributed by atoms with Gasteiger partial charge in [-0.3, -0.25) is 4.52 Å². The van der Waals surface area contributed by atoms with Crippen molar-refractivity contribution in [1.29, 1.82) is 0 Å². The summed E-state index contributed by atoms with van der Waals surface area (Å²) in [6, 6.07) is 0. The Bertz CT molecular complexity index is 186. The van der Waals surface area contributed by atoms with E-state index in [1.54, 1.807) is 7.11 Å². The Kier molecular flexibility index (Phi) is 15.0. The predicted molar refractivity (Wildman–Crippen MR) is 58.7 cm³/mol. The molecule has 0 atom stereocenters. The van der Waals surface area contributed by atoms with Crippen LogP contribution in [0.2, 0.25) is 0 Å². The fraction of sp³-hybridized carbons (Fsp3) is 1.00. The second-order valence-electron chi connectivity index (χ2n) is 2.54. The van der Waals surface area contributed by atoms with Gasteiger partial charge in [-0.1, -0.05) is 0 Å². The molecule has 0 aromatic rings. The summed E-state index contributed by atoms with van der Waals surface area (Å²) >= 11 is 0. The summed E-state index contributed by atoms with van der Waals surface area (Å²) in [5, 5.41) is 0. The first kappa shape index (κ1) is 19.3. The van der Waals surface area contributed by atoms with Crippen molar-refractivity contribution in [2.45, 2.75) is 0 Å². The number of phosphoric ester groups is 1. The summed E-state index contributed by atoms with van der Waals surface area (Å²) in [5.41, 5.74) is 0. The summed E-state index contributed by atoms with van der Waals surface area (Å²) in [6.45, 7) is 1.79. The van der Waals surface area contributed by atoms with Crippen molar-refractivity contribution in [3.8, 4) is 0 Å². The van der Waals surface area contributed by atoms with Crippen molar-refractivity contribution < 1.29 is 33.1 Å². The van der Waals surface area contributed by atoms with E-state index in [2.05, 4.69) is 4.52 Å². The zero-order chi connectivity index (χ0) is 11.6. The molecule has 9 heteroatoms. The molecule has 0 radical (unpaired) electrons. The first-order valence-corrected chi connectivity index (χ1v) is 5.94. The molecule has 0 heterocycles. The number of hydrogen-bond acceptors (Lipinski definition) is 5. The standard InChI is InChI=1S/C7H17O7P.Na.H/c1-11-2-3-12-4-5-13-6-7-14-15(8,9)10;;/h2-7H2,1H3,(H2,8,9,10);;. The maximum atomic E-state index is 10.2. The van der Waals surface area contributed by atoms with E-state index in [0.717, 1.165) is 0 Å². The van der Waals surface area contributed by atoms with Gasteiger partial charge in [0.2, 0.25) is 0 Å². The van der Waals surface area contributed by atoms with Crippen molar-refractivity contribution in [2.75, 3.05) is 46.8 Å². The van der Waals surface area contributed by atoms with Crippen molar-refractivity contribution in [3.63, 3.8) is 0 Å². The van der Waals surface area contributed by atoms with Crippen LogP contribution in [0.25, 0.3) is 0 Å². The maximum absolute atomic E-state index is 10.2. The van der Waals surface area contributed by atoms with Crippen molar-refractivity contribution in [2.24, 2.45) is 0 Å². The van der Waals surface area contributed by atoms with E-state index in [4.69, 9.17) is 24.0 Å². The van der Waals surface area contributed by atoms with E-state index in [-0.39, 0.29) is 42.8 Å². The van der Waals surface area contributed by atoms with Crippen LogP contribution in [0.3, 0.4) is 0 Å². The average molecular weight is 268 g/mol. The Morgan fingerprint density at radius 1 is 0.938 bits per heavy atom. The first-order valence-electron chi connectivity index (χ1n) is 4.41. The molecule has 0 spiro atoms. The molecule has 0 unspecified atom stereocenters. The Morgan fingerprint density at radius 3 is 1.81 bits per heavy atom. The molecule has 94 valence electrons. The zero-order valence-electron chi connectivity index (χ0n) is 8.63. The normalized spacial score (nSPS) is 11.2. The van der Waals surface area contributed by atoms with Gasteiger partial charge in [0.25, 0.3) is 0 Å². The molecule has 7 nitrogen and oxygen atoms in total. The van der Waals surface area contributed by atoms with Gasteiger partial charge in [-0.05, 0) is 0 Å². The van der Waals surface area contributed by atoms with E-state index < -0.39 is 7.82 Å². The van der Waals surface area contributed by atoms with Gasteiger partial charge in [0, 0.05) is 7.11 Å². The van der Waals surface area contributed by atoms with Gasteiger partial charge in [0.1, 0.15) is 0 Å². The molecule has 0 saturated carbocycles. The molecular formula is C7H18NaO7P. The third kappa shape index (κ3) is 17.4. The fourth-order valence-corrected chi connectivity index (χ4v) is 0.992. The summed E-state index contributed by atoms with van der Waals surface area (Å²) in [7, 11) is -2.78. The van der Waals surface area contributed by atoms with Crippen LogP contribution in [-0.2, 0) is 23.3 Å². The molecule has 0 aliphatic carbocycles. The van der Waals surface area contributed by atoms with Crippen LogP contribution in [0.5, 0.6) is 0 Å². The Labute approximate surface area is 117 Å². The van der Waals surface area contributed by atoms with Crippen molar-refractivity contribution in [3.05, 3.63) is 0 Å². The number of methoxy groups -OCH3 is 1. The Morgan fingerprint density at radius 2 is 1.38 bits per heavy atom. The third-order valence-corrected chi connectivity index (χ3v) is 1.81. The molecule has 0 amide bonds. The molecular weight excluding hydrogens is 250 g/mol. The number of rotatable bonds is 10. The van der Waals surface area contributed by atoms with E-state index in [1.165, 1.54) is 0 Å². The molecule has 0 aromatic heterocycles. The van der Waals surface area contributed by atoms with E-state index in [0.29, 0.717) is 26.4 Å². The third-order valence-electron chi connectivity index (χ3n) is 1.29. The van der Waals surface area contributed by atoms with Gasteiger partial charge in [0.15, 0.2) is 0 Å². The van der Waals surface area contributed by atoms with Gasteiger partial charge in [-0.15, -0.1) is 0 Å². The molecule has 0 aromatic carbocycles. The molecule has 2 N–H and O–H groups in total. The molecule has 0 aliphatic rings. The number of ether oxygens (including phenoxy) is 3. The van der Waals surface area contributed by atoms with Crippen LogP contribution in [0.4, 0.5) is 0 Å². The van der Waals surface area contributed by atoms with Gasteiger partial charge in [0.05, 0.1) is 39.6 Å². The van der Waals surface area contributed by atoms with Gasteiger partial charge in [-0.25, -0.2) is 4.57 Å². The van der Waals surface area contributed by atoms with E-state index in [1.807, 2.05) is 0 Å². The number of hydrogen-bond donors (Lipinski definition) is 2. The van der Waals surface area contributed by atoms with Crippen LogP contribution < -0.4 is 0 Å². The summed E-state index contributed by atoms with van der Waals surface area (Å²) in [6.07, 6.45) is 0. The molecule has 0 rings (SSSR count). The molecule has 0 aliphatic heterocycles. The van der Waals surface area contributed by atoms with Gasteiger partial charge >= 0.3 is 37.4 Å². The first-order chi connectivity index (χ1) is 7.06. The van der Waals surface area contributed by atoms with Crippen LogP contribution in [0.1, 0.15) is 0 Å². The SMILES string of the molecule is COCCOCCOCCOP(=O)(O)O.[NaH]. The quantitative estimate of drug-likeness (QED) is 0.302. The number of phosphoric acid groups is 1. The van der Waals surface area contributed by atoms with E-state index in [9.17, 15) is 4.57 Å². The second kappa shape index (κ2) is 12.4. The van der Waals surface area contributed by atoms with Crippen molar-refractivity contribution >= 4 is 37.4 Å². The Balaban J connectivity index is 0. The monoisotopic (exact) mass is 268 g/mol. The van der Waals surface area contributed by atoms with Gasteiger partial charge in [-0.2, -0.15) is 0 Å². The molecule has 0 saturated heterocycles.